The summed E-state index contributed by atoms with van der Waals surface area (Å²) >= 11 is 0. The van der Waals surface area contributed by atoms with Crippen molar-refractivity contribution in [3.63, 3.8) is 0 Å². The van der Waals surface area contributed by atoms with Gasteiger partial charge in [0.25, 0.3) is 5.91 Å². The summed E-state index contributed by atoms with van der Waals surface area (Å²) in [5.74, 6) is -0.874. The molecule has 7 nitrogen and oxygen atoms in total. The molecule has 0 saturated carbocycles. The highest BCUT2D eigenvalue weighted by molar-refractivity contribution is 7.89. The summed E-state index contributed by atoms with van der Waals surface area (Å²) in [6, 6.07) is 15.2. The predicted octanol–water partition coefficient (Wildman–Crippen LogP) is 1.45. The molecule has 0 atom stereocenters. The van der Waals surface area contributed by atoms with Crippen molar-refractivity contribution in [1.29, 1.82) is 0 Å². The lowest BCUT2D eigenvalue weighted by molar-refractivity contribution is -0.118. The topological polar surface area (TPSA) is 101 Å². The third-order valence-corrected chi connectivity index (χ3v) is 5.80. The van der Waals surface area contributed by atoms with Crippen LogP contribution in [0, 0.1) is 0 Å². The number of nitrogens with two attached hydrogens (primary N) is 1. The maximum Gasteiger partial charge on any atom is 0.254 e. The number of hydrogen-bond donors (Lipinski definition) is 1. The molecule has 0 unspecified atom stereocenters. The summed E-state index contributed by atoms with van der Waals surface area (Å²) in [4.78, 5) is 25.7. The summed E-state index contributed by atoms with van der Waals surface area (Å²) in [5.41, 5.74) is 6.36. The Morgan fingerprint density at radius 3 is 2.26 bits per heavy atom. The Hall–Kier alpha value is -2.71. The minimum Gasteiger partial charge on any atom is -0.370 e. The highest BCUT2D eigenvalue weighted by Gasteiger charge is 2.21. The normalized spacial score (nSPS) is 11.4. The van der Waals surface area contributed by atoms with Crippen LogP contribution in [0.3, 0.4) is 0 Å². The van der Waals surface area contributed by atoms with E-state index in [1.165, 1.54) is 37.2 Å². The van der Waals surface area contributed by atoms with Gasteiger partial charge in [0.05, 0.1) is 4.90 Å². The fraction of sp³-hybridized carbons (Fsp3) is 0.263. The van der Waals surface area contributed by atoms with Gasteiger partial charge in [-0.15, -0.1) is 0 Å². The van der Waals surface area contributed by atoms with Crippen LogP contribution in [0.4, 0.5) is 0 Å². The molecule has 2 amide bonds. The summed E-state index contributed by atoms with van der Waals surface area (Å²) in [6.45, 7) is 0.436. The predicted molar refractivity (Wildman–Crippen MR) is 102 cm³/mol. The zero-order valence-electron chi connectivity index (χ0n) is 15.3. The molecule has 8 heteroatoms. The van der Waals surface area contributed by atoms with Crippen molar-refractivity contribution in [3.8, 4) is 0 Å². The van der Waals surface area contributed by atoms with Crippen molar-refractivity contribution in [2.45, 2.75) is 17.9 Å². The van der Waals surface area contributed by atoms with E-state index in [-0.39, 0.29) is 35.9 Å². The number of rotatable bonds is 8. The van der Waals surface area contributed by atoms with E-state index in [0.717, 1.165) is 9.87 Å². The van der Waals surface area contributed by atoms with Gasteiger partial charge < -0.3 is 10.6 Å². The van der Waals surface area contributed by atoms with Crippen molar-refractivity contribution in [2.75, 3.05) is 20.6 Å². The molecule has 0 aliphatic rings. The largest absolute Gasteiger partial charge is 0.370 e. The van der Waals surface area contributed by atoms with Gasteiger partial charge in [0, 0.05) is 39.2 Å². The number of amides is 2. The van der Waals surface area contributed by atoms with Crippen molar-refractivity contribution in [1.82, 2.24) is 9.21 Å². The van der Waals surface area contributed by atoms with Gasteiger partial charge in [-0.3, -0.25) is 9.59 Å². The molecular formula is C19H23N3O4S. The molecule has 0 fully saturated rings. The van der Waals surface area contributed by atoms with Crippen molar-refractivity contribution in [3.05, 3.63) is 65.7 Å². The highest BCUT2D eigenvalue weighted by atomic mass is 32.2. The zero-order chi connectivity index (χ0) is 20.0. The number of hydrogen-bond acceptors (Lipinski definition) is 4. The van der Waals surface area contributed by atoms with Gasteiger partial charge in [-0.25, -0.2) is 12.7 Å². The van der Waals surface area contributed by atoms with Crippen molar-refractivity contribution in [2.24, 2.45) is 5.73 Å². The molecule has 0 saturated heterocycles. The molecule has 2 aromatic rings. The van der Waals surface area contributed by atoms with Crippen molar-refractivity contribution < 1.29 is 18.0 Å². The molecule has 0 spiro atoms. The first-order valence-corrected chi connectivity index (χ1v) is 9.80. The number of sulfonamides is 1. The molecule has 2 aromatic carbocycles. The van der Waals surface area contributed by atoms with Gasteiger partial charge in [0.2, 0.25) is 15.9 Å². The summed E-state index contributed by atoms with van der Waals surface area (Å²) < 4.78 is 25.7. The summed E-state index contributed by atoms with van der Waals surface area (Å²) in [6.07, 6.45) is 0.0221. The maximum absolute atomic E-state index is 13.0. The molecule has 0 heterocycles. The maximum atomic E-state index is 13.0. The second-order valence-corrected chi connectivity index (χ2v) is 8.40. The average Bonchev–Trinajstić information content (AvgIpc) is 2.65. The Kier molecular flexibility index (Phi) is 6.70. The molecule has 2 N–H and O–H groups in total. The zero-order valence-corrected chi connectivity index (χ0v) is 16.1. The molecule has 0 aromatic heterocycles. The highest BCUT2D eigenvalue weighted by Crippen LogP contribution is 2.17. The second kappa shape index (κ2) is 8.79. The third-order valence-electron chi connectivity index (χ3n) is 3.99. The van der Waals surface area contributed by atoms with E-state index in [9.17, 15) is 18.0 Å². The van der Waals surface area contributed by atoms with Crippen LogP contribution in [0.1, 0.15) is 22.3 Å². The van der Waals surface area contributed by atoms with Crippen LogP contribution in [0.15, 0.2) is 59.5 Å². The van der Waals surface area contributed by atoms with Crippen LogP contribution in [-0.4, -0.2) is 50.1 Å². The van der Waals surface area contributed by atoms with E-state index < -0.39 is 15.9 Å². The number of carbonyl (C=O) groups is 2. The average molecular weight is 389 g/mol. The molecular weight excluding hydrogens is 366 g/mol. The molecule has 0 aliphatic heterocycles. The standard InChI is InChI=1S/C19H23N3O4S/c1-21(2)27(25,26)17-10-6-9-16(13-17)19(24)22(12-11-18(20)23)14-15-7-4-3-5-8-15/h3-10,13H,11-12,14H2,1-2H3,(H2,20,23). The summed E-state index contributed by atoms with van der Waals surface area (Å²) in [7, 11) is -0.797. The van der Waals surface area contributed by atoms with E-state index in [1.807, 2.05) is 30.3 Å². The SMILES string of the molecule is CN(C)S(=O)(=O)c1cccc(C(=O)N(CCC(N)=O)Cc2ccccc2)c1. The monoisotopic (exact) mass is 389 g/mol. The lowest BCUT2D eigenvalue weighted by Gasteiger charge is -2.23. The van der Waals surface area contributed by atoms with Gasteiger partial charge in [0.15, 0.2) is 0 Å². The molecule has 2 rings (SSSR count). The number of primary amides is 1. The lowest BCUT2D eigenvalue weighted by Crippen LogP contribution is -2.34. The van der Waals surface area contributed by atoms with E-state index in [2.05, 4.69) is 0 Å². The van der Waals surface area contributed by atoms with E-state index >= 15 is 0 Å². The molecule has 0 radical (unpaired) electrons. The van der Waals surface area contributed by atoms with Gasteiger partial charge in [0.1, 0.15) is 0 Å². The Bertz CT molecular complexity index is 912. The molecule has 0 aliphatic carbocycles. The fourth-order valence-electron chi connectivity index (χ4n) is 2.48. The number of carbonyl (C=O) groups excluding carboxylic acids is 2. The first-order valence-electron chi connectivity index (χ1n) is 8.36. The minimum absolute atomic E-state index is 0.0221. The minimum atomic E-state index is -3.65. The third kappa shape index (κ3) is 5.38. The molecule has 27 heavy (non-hydrogen) atoms. The van der Waals surface area contributed by atoms with E-state index in [4.69, 9.17) is 5.73 Å². The Labute approximate surface area is 159 Å². The van der Waals surface area contributed by atoms with Crippen LogP contribution in [0.5, 0.6) is 0 Å². The van der Waals surface area contributed by atoms with Gasteiger partial charge in [-0.2, -0.15) is 0 Å². The first kappa shape index (κ1) is 20.6. The van der Waals surface area contributed by atoms with Crippen LogP contribution >= 0.6 is 0 Å². The lowest BCUT2D eigenvalue weighted by atomic mass is 10.1. The summed E-state index contributed by atoms with van der Waals surface area (Å²) in [5, 5.41) is 0. The fourth-order valence-corrected chi connectivity index (χ4v) is 3.43. The Morgan fingerprint density at radius 1 is 1.00 bits per heavy atom. The van der Waals surface area contributed by atoms with Crippen molar-refractivity contribution >= 4 is 21.8 Å². The smallest absolute Gasteiger partial charge is 0.254 e. The van der Waals surface area contributed by atoms with Crippen LogP contribution in [0.2, 0.25) is 0 Å². The van der Waals surface area contributed by atoms with Crippen LogP contribution < -0.4 is 5.73 Å². The molecule has 144 valence electrons. The Morgan fingerprint density at radius 2 is 1.67 bits per heavy atom. The van der Waals surface area contributed by atoms with E-state index in [0.29, 0.717) is 0 Å². The van der Waals surface area contributed by atoms with Gasteiger partial charge in [-0.05, 0) is 23.8 Å². The number of benzene rings is 2. The van der Waals surface area contributed by atoms with Crippen LogP contribution in [-0.2, 0) is 21.4 Å². The molecule has 0 bridgehead atoms. The first-order chi connectivity index (χ1) is 12.7. The van der Waals surface area contributed by atoms with Gasteiger partial charge >= 0.3 is 0 Å². The second-order valence-electron chi connectivity index (χ2n) is 6.24. The Balaban J connectivity index is 2.32. The quantitative estimate of drug-likeness (QED) is 0.738. The van der Waals surface area contributed by atoms with E-state index in [1.54, 1.807) is 6.07 Å². The van der Waals surface area contributed by atoms with Crippen LogP contribution in [0.25, 0.3) is 0 Å². The van der Waals surface area contributed by atoms with Gasteiger partial charge in [-0.1, -0.05) is 36.4 Å². The number of nitrogens with zero attached hydrogens (tertiary/aromatic N) is 2.